The van der Waals surface area contributed by atoms with Crippen LogP contribution in [-0.4, -0.2) is 11.7 Å². The van der Waals surface area contributed by atoms with E-state index in [1.807, 2.05) is 67.2 Å². The van der Waals surface area contributed by atoms with E-state index in [1.54, 1.807) is 0 Å². The maximum atomic E-state index is 12.8. The third-order valence-corrected chi connectivity index (χ3v) is 5.40. The molecule has 0 aliphatic carbocycles. The van der Waals surface area contributed by atoms with Crippen LogP contribution in [0.2, 0.25) is 0 Å². The summed E-state index contributed by atoms with van der Waals surface area (Å²) < 4.78 is 0. The SMILES string of the molecule is Cc1ccccc1C(=O)NC(CSCc1ccccc1)c1ccccc1. The van der Waals surface area contributed by atoms with Crippen LogP contribution in [0.1, 0.15) is 33.1 Å². The van der Waals surface area contributed by atoms with Crippen LogP contribution >= 0.6 is 11.8 Å². The molecule has 3 rings (SSSR count). The Morgan fingerprint density at radius 2 is 1.50 bits per heavy atom. The lowest BCUT2D eigenvalue weighted by atomic mass is 10.1. The Kier molecular flexibility index (Phi) is 6.50. The van der Waals surface area contributed by atoms with Crippen LogP contribution in [-0.2, 0) is 5.75 Å². The van der Waals surface area contributed by atoms with E-state index in [1.165, 1.54) is 5.56 Å². The molecule has 0 aliphatic heterocycles. The fraction of sp³-hybridized carbons (Fsp3) is 0.174. The molecule has 1 unspecified atom stereocenters. The van der Waals surface area contributed by atoms with Gasteiger partial charge in [0.2, 0.25) is 0 Å². The molecule has 1 N–H and O–H groups in total. The lowest BCUT2D eigenvalue weighted by molar-refractivity contribution is 0.0940. The normalized spacial score (nSPS) is 11.7. The van der Waals surface area contributed by atoms with E-state index in [4.69, 9.17) is 0 Å². The van der Waals surface area contributed by atoms with Gasteiger partial charge in [0.05, 0.1) is 6.04 Å². The molecule has 1 atom stereocenters. The standard InChI is InChI=1S/C23H23NOS/c1-18-10-8-9-15-21(18)23(25)24-22(20-13-6-3-7-14-20)17-26-16-19-11-4-2-5-12-19/h2-15,22H,16-17H2,1H3,(H,24,25). The van der Waals surface area contributed by atoms with Crippen molar-refractivity contribution in [1.82, 2.24) is 5.32 Å². The maximum Gasteiger partial charge on any atom is 0.252 e. The number of hydrogen-bond donors (Lipinski definition) is 1. The lowest BCUT2D eigenvalue weighted by Crippen LogP contribution is -2.30. The number of rotatable bonds is 7. The summed E-state index contributed by atoms with van der Waals surface area (Å²) in [4.78, 5) is 12.8. The molecule has 0 saturated heterocycles. The molecule has 0 fully saturated rings. The Morgan fingerprint density at radius 3 is 2.19 bits per heavy atom. The predicted molar refractivity (Wildman–Crippen MR) is 110 cm³/mol. The van der Waals surface area contributed by atoms with Crippen molar-refractivity contribution in [2.75, 3.05) is 5.75 Å². The van der Waals surface area contributed by atoms with Crippen LogP contribution in [0, 0.1) is 6.92 Å². The van der Waals surface area contributed by atoms with Crippen LogP contribution in [0.25, 0.3) is 0 Å². The average molecular weight is 362 g/mol. The van der Waals surface area contributed by atoms with Gasteiger partial charge in [0.1, 0.15) is 0 Å². The molecule has 132 valence electrons. The molecule has 0 heterocycles. The first-order valence-electron chi connectivity index (χ1n) is 8.77. The first-order chi connectivity index (χ1) is 12.7. The first kappa shape index (κ1) is 18.3. The van der Waals surface area contributed by atoms with Gasteiger partial charge in [-0.1, -0.05) is 78.9 Å². The summed E-state index contributed by atoms with van der Waals surface area (Å²) in [5, 5.41) is 3.22. The second-order valence-corrected chi connectivity index (χ2v) is 7.28. The van der Waals surface area contributed by atoms with Crippen LogP contribution in [0.15, 0.2) is 84.9 Å². The van der Waals surface area contributed by atoms with Crippen molar-refractivity contribution in [3.05, 3.63) is 107 Å². The monoisotopic (exact) mass is 361 g/mol. The zero-order valence-corrected chi connectivity index (χ0v) is 15.7. The molecule has 0 saturated carbocycles. The number of amides is 1. The summed E-state index contributed by atoms with van der Waals surface area (Å²) in [6, 6.07) is 28.3. The highest BCUT2D eigenvalue weighted by atomic mass is 32.2. The minimum Gasteiger partial charge on any atom is -0.344 e. The molecular weight excluding hydrogens is 338 g/mol. The minimum absolute atomic E-state index is 0.0164. The van der Waals surface area contributed by atoms with Crippen molar-refractivity contribution < 1.29 is 4.79 Å². The predicted octanol–water partition coefficient (Wildman–Crippen LogP) is 5.40. The summed E-state index contributed by atoms with van der Waals surface area (Å²) in [7, 11) is 0. The number of carbonyl (C=O) groups excluding carboxylic acids is 1. The Bertz CT molecular complexity index is 833. The lowest BCUT2D eigenvalue weighted by Gasteiger charge is -2.20. The maximum absolute atomic E-state index is 12.8. The van der Waals surface area contributed by atoms with Gasteiger partial charge in [0.15, 0.2) is 0 Å². The first-order valence-corrected chi connectivity index (χ1v) is 9.92. The van der Waals surface area contributed by atoms with Crippen molar-refractivity contribution in [3.63, 3.8) is 0 Å². The van der Waals surface area contributed by atoms with E-state index >= 15 is 0 Å². The third kappa shape index (κ3) is 4.99. The summed E-state index contributed by atoms with van der Waals surface area (Å²) in [6.07, 6.45) is 0. The number of thioether (sulfide) groups is 1. The van der Waals surface area contributed by atoms with E-state index in [0.717, 1.165) is 28.2 Å². The van der Waals surface area contributed by atoms with Crippen LogP contribution in [0.4, 0.5) is 0 Å². The number of aryl methyl sites for hydroxylation is 1. The molecule has 0 radical (unpaired) electrons. The molecular formula is C23H23NOS. The van der Waals surface area contributed by atoms with Gasteiger partial charge >= 0.3 is 0 Å². The highest BCUT2D eigenvalue weighted by Gasteiger charge is 2.17. The summed E-state index contributed by atoms with van der Waals surface area (Å²) in [5.41, 5.74) is 4.17. The topological polar surface area (TPSA) is 29.1 Å². The number of hydrogen-bond acceptors (Lipinski definition) is 2. The van der Waals surface area contributed by atoms with Gasteiger partial charge in [-0.2, -0.15) is 11.8 Å². The third-order valence-electron chi connectivity index (χ3n) is 4.29. The van der Waals surface area contributed by atoms with E-state index in [0.29, 0.717) is 0 Å². The highest BCUT2D eigenvalue weighted by molar-refractivity contribution is 7.98. The van der Waals surface area contributed by atoms with Crippen molar-refractivity contribution in [2.24, 2.45) is 0 Å². The smallest absolute Gasteiger partial charge is 0.252 e. The van der Waals surface area contributed by atoms with Gasteiger partial charge in [-0.25, -0.2) is 0 Å². The summed E-state index contributed by atoms with van der Waals surface area (Å²) in [6.45, 7) is 1.97. The van der Waals surface area contributed by atoms with Gasteiger partial charge in [-0.15, -0.1) is 0 Å². The molecule has 3 aromatic rings. The molecule has 0 spiro atoms. The molecule has 1 amide bonds. The van der Waals surface area contributed by atoms with Gasteiger partial charge < -0.3 is 5.32 Å². The van der Waals surface area contributed by atoms with E-state index in [9.17, 15) is 4.79 Å². The minimum atomic E-state index is -0.0166. The Labute approximate surface area is 159 Å². The number of benzene rings is 3. The molecule has 0 bridgehead atoms. The van der Waals surface area contributed by atoms with Crippen molar-refractivity contribution >= 4 is 17.7 Å². The van der Waals surface area contributed by atoms with E-state index < -0.39 is 0 Å². The molecule has 0 aliphatic rings. The average Bonchev–Trinajstić information content (AvgIpc) is 2.69. The fourth-order valence-electron chi connectivity index (χ4n) is 2.84. The van der Waals surface area contributed by atoms with Crippen LogP contribution < -0.4 is 5.32 Å². The molecule has 26 heavy (non-hydrogen) atoms. The quantitative estimate of drug-likeness (QED) is 0.610. The number of carbonyl (C=O) groups is 1. The van der Waals surface area contributed by atoms with E-state index in [-0.39, 0.29) is 11.9 Å². The van der Waals surface area contributed by atoms with Crippen LogP contribution in [0.5, 0.6) is 0 Å². The van der Waals surface area contributed by atoms with Gasteiger partial charge in [0, 0.05) is 17.1 Å². The van der Waals surface area contributed by atoms with E-state index in [2.05, 4.69) is 41.7 Å². The second-order valence-electron chi connectivity index (χ2n) is 6.25. The molecule has 3 aromatic carbocycles. The Morgan fingerprint density at radius 1 is 0.885 bits per heavy atom. The number of nitrogens with one attached hydrogen (secondary N) is 1. The largest absolute Gasteiger partial charge is 0.344 e. The highest BCUT2D eigenvalue weighted by Crippen LogP contribution is 2.22. The second kappa shape index (κ2) is 9.25. The fourth-order valence-corrected chi connectivity index (χ4v) is 3.90. The Balaban J connectivity index is 1.69. The van der Waals surface area contributed by atoms with Crippen molar-refractivity contribution in [2.45, 2.75) is 18.7 Å². The Hall–Kier alpha value is -2.52. The summed E-state index contributed by atoms with van der Waals surface area (Å²) in [5.74, 6) is 1.75. The molecule has 0 aromatic heterocycles. The molecule has 2 nitrogen and oxygen atoms in total. The molecule has 3 heteroatoms. The van der Waals surface area contributed by atoms with Gasteiger partial charge in [-0.05, 0) is 29.7 Å². The van der Waals surface area contributed by atoms with Gasteiger partial charge in [-0.3, -0.25) is 4.79 Å². The van der Waals surface area contributed by atoms with Crippen molar-refractivity contribution in [1.29, 1.82) is 0 Å². The zero-order valence-electron chi connectivity index (χ0n) is 14.9. The van der Waals surface area contributed by atoms with Crippen molar-refractivity contribution in [3.8, 4) is 0 Å². The van der Waals surface area contributed by atoms with Gasteiger partial charge in [0.25, 0.3) is 5.91 Å². The van der Waals surface area contributed by atoms with Crippen LogP contribution in [0.3, 0.4) is 0 Å². The zero-order chi connectivity index (χ0) is 18.2. The summed E-state index contributed by atoms with van der Waals surface area (Å²) >= 11 is 1.84.